The lowest BCUT2D eigenvalue weighted by molar-refractivity contribution is 0.209. The third kappa shape index (κ3) is 2.01. The van der Waals surface area contributed by atoms with E-state index in [9.17, 15) is 4.79 Å². The molecule has 2 N–H and O–H groups in total. The van der Waals surface area contributed by atoms with Crippen molar-refractivity contribution in [1.29, 1.82) is 0 Å². The smallest absolute Gasteiger partial charge is 0.410 e. The number of aromatic nitrogens is 3. The number of rotatable bonds is 2. The van der Waals surface area contributed by atoms with Crippen molar-refractivity contribution in [3.8, 4) is 11.5 Å². The molecule has 0 radical (unpaired) electrons. The van der Waals surface area contributed by atoms with Crippen molar-refractivity contribution in [2.24, 2.45) is 0 Å². The number of anilines is 1. The largest absolute Gasteiger partial charge is 0.465 e. The van der Waals surface area contributed by atoms with Gasteiger partial charge < -0.3 is 13.9 Å². The average Bonchev–Trinajstić information content (AvgIpc) is 2.94. The zero-order valence-corrected chi connectivity index (χ0v) is 9.99. The monoisotopic (exact) mass is 258 g/mol. The zero-order chi connectivity index (χ0) is 13.4. The summed E-state index contributed by atoms with van der Waals surface area (Å²) >= 11 is 0. The van der Waals surface area contributed by atoms with Gasteiger partial charge in [-0.15, -0.1) is 0 Å². The second kappa shape index (κ2) is 4.13. The summed E-state index contributed by atoms with van der Waals surface area (Å²) < 4.78 is 7.02. The molecule has 0 aromatic carbocycles. The summed E-state index contributed by atoms with van der Waals surface area (Å²) in [4.78, 5) is 19.3. The van der Waals surface area contributed by atoms with Gasteiger partial charge in [0.25, 0.3) is 0 Å². The topological polar surface area (TPSA) is 92.7 Å². The van der Waals surface area contributed by atoms with Gasteiger partial charge in [0.1, 0.15) is 0 Å². The molecule has 0 bridgehead atoms. The van der Waals surface area contributed by atoms with E-state index < -0.39 is 6.09 Å². The van der Waals surface area contributed by atoms with Crippen LogP contribution in [-0.4, -0.2) is 25.6 Å². The third-order valence-electron chi connectivity index (χ3n) is 2.55. The van der Waals surface area contributed by atoms with E-state index in [0.29, 0.717) is 17.1 Å². The molecule has 3 rings (SSSR count). The Morgan fingerprint density at radius 1 is 1.42 bits per heavy atom. The minimum atomic E-state index is -1.17. The lowest BCUT2D eigenvalue weighted by atomic mass is 10.3. The van der Waals surface area contributed by atoms with Gasteiger partial charge in [-0.05, 0) is 19.1 Å². The number of nitrogens with one attached hydrogen (secondary N) is 1. The number of nitrogens with zero attached hydrogens (tertiary/aromatic N) is 3. The zero-order valence-electron chi connectivity index (χ0n) is 9.99. The van der Waals surface area contributed by atoms with Gasteiger partial charge in [0, 0.05) is 6.20 Å². The number of furan rings is 1. The van der Waals surface area contributed by atoms with Crippen LogP contribution in [0.1, 0.15) is 5.69 Å². The number of carbonyl (C=O) groups is 1. The van der Waals surface area contributed by atoms with Crippen LogP contribution in [0.3, 0.4) is 0 Å². The Bertz CT molecular complexity index is 746. The molecule has 0 saturated carbocycles. The Kier molecular flexibility index (Phi) is 2.45. The summed E-state index contributed by atoms with van der Waals surface area (Å²) in [5.74, 6) is 0.744. The second-order valence-corrected chi connectivity index (χ2v) is 4.00. The summed E-state index contributed by atoms with van der Waals surface area (Å²) in [6, 6.07) is 3.48. The molecule has 0 spiro atoms. The van der Waals surface area contributed by atoms with Crippen molar-refractivity contribution >= 4 is 17.6 Å². The van der Waals surface area contributed by atoms with Crippen LogP contribution in [0.15, 0.2) is 35.2 Å². The summed E-state index contributed by atoms with van der Waals surface area (Å²) in [5.41, 5.74) is 1.91. The maximum absolute atomic E-state index is 10.7. The van der Waals surface area contributed by atoms with Crippen molar-refractivity contribution in [3.05, 3.63) is 36.5 Å². The highest BCUT2D eigenvalue weighted by molar-refractivity contribution is 5.83. The van der Waals surface area contributed by atoms with Gasteiger partial charge in [-0.25, -0.2) is 14.8 Å². The van der Waals surface area contributed by atoms with Gasteiger partial charge in [-0.1, -0.05) is 0 Å². The fraction of sp³-hybridized carbons (Fsp3) is 0.0833. The van der Waals surface area contributed by atoms with Crippen LogP contribution in [0, 0.1) is 6.92 Å². The predicted octanol–water partition coefficient (Wildman–Crippen LogP) is 2.39. The first-order valence-electron chi connectivity index (χ1n) is 5.53. The van der Waals surface area contributed by atoms with Crippen LogP contribution < -0.4 is 5.32 Å². The van der Waals surface area contributed by atoms with Gasteiger partial charge in [0.05, 0.1) is 18.2 Å². The minimum Gasteiger partial charge on any atom is -0.465 e. The summed E-state index contributed by atoms with van der Waals surface area (Å²) in [7, 11) is 0. The quantitative estimate of drug-likeness (QED) is 0.736. The summed E-state index contributed by atoms with van der Waals surface area (Å²) in [6.07, 6.45) is 3.71. The molecule has 0 atom stereocenters. The van der Waals surface area contributed by atoms with Crippen molar-refractivity contribution in [2.45, 2.75) is 6.92 Å². The molecule has 3 heterocycles. The maximum Gasteiger partial charge on any atom is 0.410 e. The highest BCUT2D eigenvalue weighted by Gasteiger charge is 2.14. The molecule has 0 saturated heterocycles. The van der Waals surface area contributed by atoms with Crippen molar-refractivity contribution in [1.82, 2.24) is 14.4 Å². The Hall–Kier alpha value is -2.83. The Balaban J connectivity index is 2.24. The molecule has 0 aliphatic rings. The standard InChI is InChI=1S/C12H10N4O3/c1-7-5-16-6-9(15-12(17)18)14-10(11(16)13-7)8-3-2-4-19-8/h2-6,15H,1H3,(H,17,18). The first-order valence-corrected chi connectivity index (χ1v) is 5.53. The van der Waals surface area contributed by atoms with Gasteiger partial charge in [-0.3, -0.25) is 5.32 Å². The van der Waals surface area contributed by atoms with E-state index in [1.807, 2.05) is 6.92 Å². The van der Waals surface area contributed by atoms with E-state index in [1.54, 1.807) is 28.9 Å². The van der Waals surface area contributed by atoms with E-state index in [1.165, 1.54) is 6.26 Å². The average molecular weight is 258 g/mol. The van der Waals surface area contributed by atoms with Crippen molar-refractivity contribution in [3.63, 3.8) is 0 Å². The fourth-order valence-electron chi connectivity index (χ4n) is 1.87. The summed E-state index contributed by atoms with van der Waals surface area (Å²) in [6.45, 7) is 1.85. The molecule has 96 valence electrons. The van der Waals surface area contributed by atoms with E-state index in [2.05, 4.69) is 15.3 Å². The molecule has 3 aromatic heterocycles. The molecule has 0 aliphatic heterocycles. The molecule has 0 aliphatic carbocycles. The molecule has 7 nitrogen and oxygen atoms in total. The lowest BCUT2D eigenvalue weighted by Gasteiger charge is -2.04. The molecule has 7 heteroatoms. The van der Waals surface area contributed by atoms with Gasteiger partial charge >= 0.3 is 6.09 Å². The van der Waals surface area contributed by atoms with E-state index in [4.69, 9.17) is 9.52 Å². The Morgan fingerprint density at radius 3 is 2.95 bits per heavy atom. The molecule has 3 aromatic rings. The molecule has 1 amide bonds. The predicted molar refractivity (Wildman–Crippen MR) is 67.1 cm³/mol. The van der Waals surface area contributed by atoms with Crippen LogP contribution >= 0.6 is 0 Å². The number of hydrogen-bond donors (Lipinski definition) is 2. The van der Waals surface area contributed by atoms with Gasteiger partial charge in [-0.2, -0.15) is 0 Å². The van der Waals surface area contributed by atoms with Crippen LogP contribution in [0.25, 0.3) is 17.1 Å². The SMILES string of the molecule is Cc1cn2cc(NC(=O)O)nc(-c3ccco3)c2n1. The van der Waals surface area contributed by atoms with Gasteiger partial charge in [0.15, 0.2) is 22.9 Å². The Labute approximate surface area is 107 Å². The normalized spacial score (nSPS) is 10.8. The second-order valence-electron chi connectivity index (χ2n) is 4.00. The van der Waals surface area contributed by atoms with E-state index >= 15 is 0 Å². The number of fused-ring (bicyclic) bond motifs is 1. The maximum atomic E-state index is 10.7. The number of carboxylic acid groups (broad SMARTS) is 1. The Morgan fingerprint density at radius 2 is 2.26 bits per heavy atom. The molecular formula is C12H10N4O3. The van der Waals surface area contributed by atoms with Crippen molar-refractivity contribution in [2.75, 3.05) is 5.32 Å². The highest BCUT2D eigenvalue weighted by Crippen LogP contribution is 2.24. The van der Waals surface area contributed by atoms with Gasteiger partial charge in [0.2, 0.25) is 0 Å². The van der Waals surface area contributed by atoms with Crippen molar-refractivity contribution < 1.29 is 14.3 Å². The first-order chi connectivity index (χ1) is 9.13. The molecular weight excluding hydrogens is 248 g/mol. The number of imidazole rings is 1. The van der Waals surface area contributed by atoms with E-state index in [-0.39, 0.29) is 5.82 Å². The molecule has 19 heavy (non-hydrogen) atoms. The van der Waals surface area contributed by atoms with E-state index in [0.717, 1.165) is 5.69 Å². The third-order valence-corrected chi connectivity index (χ3v) is 2.55. The fourth-order valence-corrected chi connectivity index (χ4v) is 1.87. The van der Waals surface area contributed by atoms with Crippen LogP contribution in [-0.2, 0) is 0 Å². The summed E-state index contributed by atoms with van der Waals surface area (Å²) in [5, 5.41) is 11.0. The minimum absolute atomic E-state index is 0.212. The molecule has 0 unspecified atom stereocenters. The number of hydrogen-bond acceptors (Lipinski definition) is 4. The van der Waals surface area contributed by atoms with Crippen LogP contribution in [0.4, 0.5) is 10.6 Å². The first kappa shape index (κ1) is 11.3. The van der Waals surface area contributed by atoms with Crippen LogP contribution in [0.5, 0.6) is 0 Å². The number of aryl methyl sites for hydroxylation is 1. The lowest BCUT2D eigenvalue weighted by Crippen LogP contribution is -2.10. The molecule has 0 fully saturated rings. The highest BCUT2D eigenvalue weighted by atomic mass is 16.4. The number of amides is 1. The van der Waals surface area contributed by atoms with Crippen LogP contribution in [0.2, 0.25) is 0 Å².